The van der Waals surface area contributed by atoms with Crippen molar-refractivity contribution >= 4 is 40.5 Å². The predicted molar refractivity (Wildman–Crippen MR) is 137 cm³/mol. The van der Waals surface area contributed by atoms with Gasteiger partial charge < -0.3 is 0 Å². The summed E-state index contributed by atoms with van der Waals surface area (Å²) in [6.07, 6.45) is 0. The number of para-hydroxylation sites is 1. The lowest BCUT2D eigenvalue weighted by atomic mass is 9.91. The van der Waals surface area contributed by atoms with Gasteiger partial charge in [-0.3, -0.25) is 0 Å². The molecule has 2 aromatic carbocycles. The smallest absolute Gasteiger partial charge is 0.149 e. The van der Waals surface area contributed by atoms with Gasteiger partial charge in [0.15, 0.2) is 0 Å². The van der Waals surface area contributed by atoms with Crippen molar-refractivity contribution < 1.29 is 8.63 Å². The Bertz CT molecular complexity index is 1500. The SMILES string of the molecule is [2H]C([2H])([2H])c1ccc2c3c1c1cccc(C(C)C)c1[n+]1c3c(c(C)n1C(C)C)C(C)(C)[Si]2(C)C. The molecule has 3 heteroatoms. The highest BCUT2D eigenvalue weighted by Gasteiger charge is 2.52. The zero-order valence-corrected chi connectivity index (χ0v) is 21.4. The molecule has 0 saturated carbocycles. The molecule has 0 unspecified atom stereocenters. The van der Waals surface area contributed by atoms with Gasteiger partial charge >= 0.3 is 0 Å². The minimum absolute atomic E-state index is 0.00432. The molecule has 2 aromatic heterocycles. The van der Waals surface area contributed by atoms with E-state index in [4.69, 9.17) is 4.11 Å². The maximum absolute atomic E-state index is 8.44. The third-order valence-corrected chi connectivity index (χ3v) is 13.5. The molecular formula is C28H37N2Si+. The van der Waals surface area contributed by atoms with E-state index in [-0.39, 0.29) is 11.1 Å². The van der Waals surface area contributed by atoms with E-state index in [1.54, 1.807) is 0 Å². The van der Waals surface area contributed by atoms with Gasteiger partial charge in [-0.1, -0.05) is 69.6 Å². The predicted octanol–water partition coefficient (Wildman–Crippen LogP) is 6.60. The molecular weight excluding hydrogens is 392 g/mol. The van der Waals surface area contributed by atoms with E-state index in [0.717, 1.165) is 16.3 Å². The second-order valence-corrected chi connectivity index (χ2v) is 16.2. The van der Waals surface area contributed by atoms with Gasteiger partial charge in [0.25, 0.3) is 0 Å². The number of fused-ring (bicyclic) bond motifs is 3. The summed E-state index contributed by atoms with van der Waals surface area (Å²) < 4.78 is 30.3. The van der Waals surface area contributed by atoms with E-state index in [1.807, 2.05) is 6.07 Å². The summed E-state index contributed by atoms with van der Waals surface area (Å²) in [5.74, 6) is 0.317. The number of aryl methyl sites for hydroxylation is 1. The number of benzene rings is 2. The molecule has 1 aliphatic heterocycles. The maximum atomic E-state index is 8.44. The van der Waals surface area contributed by atoms with E-state index in [1.165, 1.54) is 32.9 Å². The van der Waals surface area contributed by atoms with Crippen molar-refractivity contribution in [1.82, 2.24) is 4.68 Å². The van der Waals surface area contributed by atoms with Crippen LogP contribution in [0.4, 0.5) is 0 Å². The maximum Gasteiger partial charge on any atom is 0.249 e. The van der Waals surface area contributed by atoms with Gasteiger partial charge in [0.1, 0.15) is 0 Å². The fraction of sp³-hybridized carbons (Fsp3) is 0.464. The second-order valence-electron chi connectivity index (χ2n) is 11.1. The Kier molecular flexibility index (Phi) is 3.50. The monoisotopic (exact) mass is 432 g/mol. The van der Waals surface area contributed by atoms with Gasteiger partial charge in [0.05, 0.1) is 36.1 Å². The Labute approximate surface area is 192 Å². The molecule has 0 spiro atoms. The van der Waals surface area contributed by atoms with Crippen molar-refractivity contribution in [3.63, 3.8) is 0 Å². The third-order valence-electron chi connectivity index (χ3n) is 8.33. The zero-order chi connectivity index (χ0) is 25.1. The Morgan fingerprint density at radius 1 is 1.00 bits per heavy atom. The van der Waals surface area contributed by atoms with Crippen molar-refractivity contribution in [1.29, 1.82) is 0 Å². The van der Waals surface area contributed by atoms with Crippen LogP contribution >= 0.6 is 0 Å². The molecule has 0 saturated heterocycles. The first-order valence-corrected chi connectivity index (χ1v) is 14.6. The topological polar surface area (TPSA) is 9.03 Å². The van der Waals surface area contributed by atoms with Crippen molar-refractivity contribution in [2.75, 3.05) is 0 Å². The van der Waals surface area contributed by atoms with Gasteiger partial charge in [-0.2, -0.15) is 0 Å². The first kappa shape index (κ1) is 17.4. The minimum Gasteiger partial charge on any atom is -0.149 e. The van der Waals surface area contributed by atoms with E-state index in [0.29, 0.717) is 11.5 Å². The molecule has 31 heavy (non-hydrogen) atoms. The number of hydrogen-bond acceptors (Lipinski definition) is 0. The number of nitrogens with zero attached hydrogens (tertiary/aromatic N) is 2. The number of hydrogen-bond donors (Lipinski definition) is 0. The average molecular weight is 433 g/mol. The van der Waals surface area contributed by atoms with Crippen molar-refractivity contribution in [3.8, 4) is 0 Å². The summed E-state index contributed by atoms with van der Waals surface area (Å²) in [6, 6.07) is 10.8. The molecule has 0 N–H and O–H groups in total. The van der Waals surface area contributed by atoms with Gasteiger partial charge in [0.2, 0.25) is 11.0 Å². The molecule has 1 aliphatic rings. The van der Waals surface area contributed by atoms with Crippen LogP contribution in [0.3, 0.4) is 0 Å². The number of rotatable bonds is 2. The van der Waals surface area contributed by atoms with Crippen LogP contribution in [-0.4, -0.2) is 12.8 Å². The molecule has 162 valence electrons. The summed E-state index contributed by atoms with van der Waals surface area (Å²) in [5.41, 5.74) is 6.82. The van der Waals surface area contributed by atoms with Crippen molar-refractivity contribution in [2.24, 2.45) is 0 Å². The lowest BCUT2D eigenvalue weighted by Gasteiger charge is -2.43. The molecule has 0 radical (unpaired) electrons. The number of pyridine rings is 1. The van der Waals surface area contributed by atoms with Gasteiger partial charge in [-0.15, -0.1) is 4.68 Å². The van der Waals surface area contributed by atoms with Crippen LogP contribution in [0.5, 0.6) is 0 Å². The second kappa shape index (κ2) is 6.22. The van der Waals surface area contributed by atoms with Crippen molar-refractivity contribution in [2.45, 2.75) is 85.4 Å². The molecule has 0 fully saturated rings. The lowest BCUT2D eigenvalue weighted by molar-refractivity contribution is -0.586. The van der Waals surface area contributed by atoms with E-state index >= 15 is 0 Å². The molecule has 2 nitrogen and oxygen atoms in total. The summed E-state index contributed by atoms with van der Waals surface area (Å²) in [4.78, 5) is 0. The Morgan fingerprint density at radius 3 is 2.32 bits per heavy atom. The lowest BCUT2D eigenvalue weighted by Crippen LogP contribution is -2.59. The standard InChI is InChI=1S/C28H37N2Si/c1-16(2)20-12-11-13-21-23-18(5)14-15-22-24(23)27-25(28(7,8)31(22,9)10)19(6)29(17(3)4)30(27)26(20)21/h11-17H,1-10H3/q+1/i5D3. The summed E-state index contributed by atoms with van der Waals surface area (Å²) >= 11 is 0. The molecule has 3 heterocycles. The summed E-state index contributed by atoms with van der Waals surface area (Å²) in [5, 5.41) is 4.55. The van der Waals surface area contributed by atoms with Crippen LogP contribution < -0.4 is 9.70 Å². The van der Waals surface area contributed by atoms with Gasteiger partial charge in [-0.05, 0) is 55.4 Å². The van der Waals surface area contributed by atoms with Crippen LogP contribution in [0.1, 0.15) is 80.0 Å². The highest BCUT2D eigenvalue weighted by Crippen LogP contribution is 2.46. The molecule has 0 aliphatic carbocycles. The molecule has 4 aromatic rings. The fourth-order valence-corrected chi connectivity index (χ4v) is 9.20. The van der Waals surface area contributed by atoms with E-state index < -0.39 is 14.9 Å². The van der Waals surface area contributed by atoms with E-state index in [9.17, 15) is 0 Å². The minimum atomic E-state index is -2.17. The highest BCUT2D eigenvalue weighted by molar-refractivity contribution is 6.94. The quantitative estimate of drug-likeness (QED) is 0.192. The Morgan fingerprint density at radius 2 is 1.71 bits per heavy atom. The van der Waals surface area contributed by atoms with Gasteiger partial charge in [-0.25, -0.2) is 0 Å². The van der Waals surface area contributed by atoms with Gasteiger partial charge in [0, 0.05) is 15.1 Å². The van der Waals surface area contributed by atoms with Crippen LogP contribution in [0.15, 0.2) is 30.3 Å². The Hall–Kier alpha value is -2.13. The molecule has 0 bridgehead atoms. The van der Waals surface area contributed by atoms with Crippen LogP contribution in [0.25, 0.3) is 27.2 Å². The summed E-state index contributed by atoms with van der Waals surface area (Å²) in [7, 11) is -2.01. The zero-order valence-electron chi connectivity index (χ0n) is 23.4. The molecule has 0 atom stereocenters. The third kappa shape index (κ3) is 2.31. The fourth-order valence-electron chi connectivity index (χ4n) is 6.23. The molecule has 0 amide bonds. The van der Waals surface area contributed by atoms with Crippen molar-refractivity contribution in [3.05, 3.63) is 52.7 Å². The molecule has 5 rings (SSSR count). The highest BCUT2D eigenvalue weighted by atomic mass is 28.3. The Balaban J connectivity index is 2.29. The summed E-state index contributed by atoms with van der Waals surface area (Å²) in [6.45, 7) is 18.8. The largest absolute Gasteiger partial charge is 0.249 e. The van der Waals surface area contributed by atoms with E-state index in [2.05, 4.69) is 95.0 Å². The normalized spacial score (nSPS) is 19.0. The van der Waals surface area contributed by atoms with Crippen LogP contribution in [0, 0.1) is 13.8 Å². The first-order valence-electron chi connectivity index (χ1n) is 13.1. The first-order chi connectivity index (χ1) is 15.6. The average Bonchev–Trinajstić information content (AvgIpc) is 3.04. The number of aromatic nitrogens is 2. The van der Waals surface area contributed by atoms with Crippen LogP contribution in [0.2, 0.25) is 13.1 Å². The van der Waals surface area contributed by atoms with Crippen LogP contribution in [-0.2, 0) is 5.04 Å².